The molecule has 0 atom stereocenters. The predicted molar refractivity (Wildman–Crippen MR) is 80.8 cm³/mol. The normalized spacial score (nSPS) is 10.9. The third-order valence-electron chi connectivity index (χ3n) is 3.23. The maximum Gasteiger partial charge on any atom is 0.213 e. The van der Waals surface area contributed by atoms with Gasteiger partial charge in [0, 0.05) is 5.02 Å². The number of hydrogen-bond acceptors (Lipinski definition) is 3. The summed E-state index contributed by atoms with van der Waals surface area (Å²) in [5.41, 5.74) is 3.81. The smallest absolute Gasteiger partial charge is 0.213 e. The SMILES string of the molecule is Cc1c(Cl)cccc1-n1ncc(-c2nc(=S)[nH][nH]2)c1C. The number of hydrogen-bond donors (Lipinski definition) is 2. The second-order valence-electron chi connectivity index (χ2n) is 4.45. The van der Waals surface area contributed by atoms with Crippen LogP contribution in [0.15, 0.2) is 24.4 Å². The summed E-state index contributed by atoms with van der Waals surface area (Å²) < 4.78 is 2.27. The number of nitrogens with zero attached hydrogens (tertiary/aromatic N) is 3. The van der Waals surface area contributed by atoms with Gasteiger partial charge in [0.25, 0.3) is 0 Å². The molecule has 3 rings (SSSR count). The zero-order chi connectivity index (χ0) is 14.3. The molecule has 2 N–H and O–H groups in total. The van der Waals surface area contributed by atoms with Gasteiger partial charge in [0.15, 0.2) is 5.82 Å². The molecule has 1 aromatic carbocycles. The van der Waals surface area contributed by atoms with Crippen LogP contribution >= 0.6 is 23.8 Å². The van der Waals surface area contributed by atoms with Crippen LogP contribution in [0.25, 0.3) is 17.1 Å². The Hall–Kier alpha value is -1.92. The monoisotopic (exact) mass is 305 g/mol. The lowest BCUT2D eigenvalue weighted by Gasteiger charge is -2.09. The van der Waals surface area contributed by atoms with Gasteiger partial charge in [0.1, 0.15) is 0 Å². The Bertz CT molecular complexity index is 829. The fraction of sp³-hybridized carbons (Fsp3) is 0.154. The van der Waals surface area contributed by atoms with Gasteiger partial charge in [-0.3, -0.25) is 10.2 Å². The van der Waals surface area contributed by atoms with E-state index < -0.39 is 0 Å². The number of H-pyrrole nitrogens is 2. The minimum atomic E-state index is 0.422. The van der Waals surface area contributed by atoms with E-state index in [0.717, 1.165) is 27.5 Å². The van der Waals surface area contributed by atoms with E-state index in [1.807, 2.05) is 36.7 Å². The van der Waals surface area contributed by atoms with Gasteiger partial charge in [0.05, 0.1) is 23.1 Å². The molecule has 0 radical (unpaired) electrons. The third-order valence-corrected chi connectivity index (χ3v) is 3.84. The van der Waals surface area contributed by atoms with E-state index in [0.29, 0.717) is 10.6 Å². The molecular weight excluding hydrogens is 294 g/mol. The largest absolute Gasteiger partial charge is 0.282 e. The maximum atomic E-state index is 6.16. The van der Waals surface area contributed by atoms with Crippen LogP contribution in [0.4, 0.5) is 0 Å². The highest BCUT2D eigenvalue weighted by molar-refractivity contribution is 7.71. The van der Waals surface area contributed by atoms with Crippen molar-refractivity contribution >= 4 is 23.8 Å². The van der Waals surface area contributed by atoms with Gasteiger partial charge >= 0.3 is 0 Å². The van der Waals surface area contributed by atoms with Crippen molar-refractivity contribution in [3.8, 4) is 17.1 Å². The van der Waals surface area contributed by atoms with Crippen molar-refractivity contribution in [2.75, 3.05) is 0 Å². The Morgan fingerprint density at radius 2 is 2.05 bits per heavy atom. The predicted octanol–water partition coefficient (Wildman–Crippen LogP) is 3.59. The van der Waals surface area contributed by atoms with Crippen molar-refractivity contribution in [3.63, 3.8) is 0 Å². The standard InChI is InChI=1S/C13H12ClN5S/c1-7-10(14)4-3-5-11(7)19-8(2)9(6-15-19)12-16-13(20)18-17-12/h3-6H,1-2H3,(H2,16,17,18,20). The molecule has 0 saturated heterocycles. The zero-order valence-corrected chi connectivity index (χ0v) is 12.5. The van der Waals surface area contributed by atoms with E-state index in [4.69, 9.17) is 23.8 Å². The Morgan fingerprint density at radius 3 is 2.75 bits per heavy atom. The Balaban J connectivity index is 2.15. The molecule has 2 heterocycles. The highest BCUT2D eigenvalue weighted by Gasteiger charge is 2.14. The van der Waals surface area contributed by atoms with E-state index in [-0.39, 0.29) is 0 Å². The molecule has 102 valence electrons. The molecular formula is C13H12ClN5S. The van der Waals surface area contributed by atoms with Crippen LogP contribution in [0.1, 0.15) is 11.3 Å². The molecule has 20 heavy (non-hydrogen) atoms. The Kier molecular flexibility index (Phi) is 3.19. The topological polar surface area (TPSA) is 62.3 Å². The first-order valence-electron chi connectivity index (χ1n) is 6.03. The van der Waals surface area contributed by atoms with Crippen molar-refractivity contribution in [1.29, 1.82) is 0 Å². The second-order valence-corrected chi connectivity index (χ2v) is 5.25. The van der Waals surface area contributed by atoms with Crippen LogP contribution in [0, 0.1) is 18.6 Å². The molecule has 0 aliphatic carbocycles. The molecule has 0 aliphatic rings. The summed E-state index contributed by atoms with van der Waals surface area (Å²) in [6.07, 6.45) is 1.76. The van der Waals surface area contributed by atoms with E-state index in [2.05, 4.69) is 20.3 Å². The summed E-state index contributed by atoms with van der Waals surface area (Å²) in [5.74, 6) is 0.679. The van der Waals surface area contributed by atoms with Crippen LogP contribution in [0.2, 0.25) is 5.02 Å². The minimum Gasteiger partial charge on any atom is -0.282 e. The molecule has 0 bridgehead atoms. The summed E-state index contributed by atoms with van der Waals surface area (Å²) >= 11 is 11.1. The van der Waals surface area contributed by atoms with Crippen molar-refractivity contribution in [2.24, 2.45) is 0 Å². The lowest BCUT2D eigenvalue weighted by molar-refractivity contribution is 0.840. The summed E-state index contributed by atoms with van der Waals surface area (Å²) in [4.78, 5) is 4.21. The zero-order valence-electron chi connectivity index (χ0n) is 10.9. The molecule has 5 nitrogen and oxygen atoms in total. The van der Waals surface area contributed by atoms with Gasteiger partial charge in [-0.05, 0) is 43.8 Å². The average Bonchev–Trinajstić information content (AvgIpc) is 2.99. The van der Waals surface area contributed by atoms with Crippen molar-refractivity contribution in [3.05, 3.63) is 45.4 Å². The first-order chi connectivity index (χ1) is 9.58. The highest BCUT2D eigenvalue weighted by Crippen LogP contribution is 2.26. The van der Waals surface area contributed by atoms with Crippen LogP contribution in [0.3, 0.4) is 0 Å². The molecule has 3 aromatic rings. The summed E-state index contributed by atoms with van der Waals surface area (Å²) in [5, 5.41) is 10.9. The molecule has 2 aromatic heterocycles. The van der Waals surface area contributed by atoms with Gasteiger partial charge in [-0.25, -0.2) is 4.68 Å². The molecule has 7 heteroatoms. The van der Waals surface area contributed by atoms with Gasteiger partial charge in [-0.1, -0.05) is 17.7 Å². The number of halogens is 1. The number of nitrogens with one attached hydrogen (secondary N) is 2. The van der Waals surface area contributed by atoms with Gasteiger partial charge < -0.3 is 0 Å². The van der Waals surface area contributed by atoms with E-state index in [1.165, 1.54) is 0 Å². The van der Waals surface area contributed by atoms with Crippen LogP contribution < -0.4 is 0 Å². The molecule has 0 spiro atoms. The Morgan fingerprint density at radius 1 is 1.25 bits per heavy atom. The number of rotatable bonds is 2. The van der Waals surface area contributed by atoms with Crippen LogP contribution in [-0.4, -0.2) is 25.0 Å². The van der Waals surface area contributed by atoms with Crippen molar-refractivity contribution in [1.82, 2.24) is 25.0 Å². The molecule has 0 unspecified atom stereocenters. The van der Waals surface area contributed by atoms with Crippen molar-refractivity contribution < 1.29 is 0 Å². The van der Waals surface area contributed by atoms with Gasteiger partial charge in [-0.15, -0.1) is 0 Å². The Labute approximate surface area is 125 Å². The van der Waals surface area contributed by atoms with Crippen LogP contribution in [-0.2, 0) is 0 Å². The lowest BCUT2D eigenvalue weighted by atomic mass is 10.2. The summed E-state index contributed by atoms with van der Waals surface area (Å²) in [6.45, 7) is 3.95. The quantitative estimate of drug-likeness (QED) is 0.711. The fourth-order valence-corrected chi connectivity index (χ4v) is 2.42. The average molecular weight is 306 g/mol. The van der Waals surface area contributed by atoms with Gasteiger partial charge in [-0.2, -0.15) is 10.1 Å². The summed E-state index contributed by atoms with van der Waals surface area (Å²) in [7, 11) is 0. The third kappa shape index (κ3) is 2.07. The second kappa shape index (κ2) is 4.88. The van der Waals surface area contributed by atoms with Crippen LogP contribution in [0.5, 0.6) is 0 Å². The van der Waals surface area contributed by atoms with E-state index >= 15 is 0 Å². The fourth-order valence-electron chi connectivity index (χ4n) is 2.11. The molecule has 0 fully saturated rings. The van der Waals surface area contributed by atoms with E-state index in [1.54, 1.807) is 6.20 Å². The number of benzene rings is 1. The molecule has 0 amide bonds. The molecule has 0 saturated carbocycles. The van der Waals surface area contributed by atoms with E-state index in [9.17, 15) is 0 Å². The number of aromatic nitrogens is 5. The van der Waals surface area contributed by atoms with Crippen molar-refractivity contribution in [2.45, 2.75) is 13.8 Å². The summed E-state index contributed by atoms with van der Waals surface area (Å²) in [6, 6.07) is 5.76. The first-order valence-corrected chi connectivity index (χ1v) is 6.81. The number of aromatic amines is 2. The minimum absolute atomic E-state index is 0.422. The van der Waals surface area contributed by atoms with Gasteiger partial charge in [0.2, 0.25) is 4.77 Å². The first kappa shape index (κ1) is 13.1. The highest BCUT2D eigenvalue weighted by atomic mass is 35.5. The lowest BCUT2D eigenvalue weighted by Crippen LogP contribution is -2.01. The maximum absolute atomic E-state index is 6.16. The molecule has 0 aliphatic heterocycles.